The van der Waals surface area contributed by atoms with Gasteiger partial charge in [-0.05, 0) is 114 Å². The first-order valence-corrected chi connectivity index (χ1v) is 22.1. The summed E-state index contributed by atoms with van der Waals surface area (Å²) in [6.45, 7) is 0. The van der Waals surface area contributed by atoms with Gasteiger partial charge in [0.2, 0.25) is 0 Å². The third-order valence-electron chi connectivity index (χ3n) is 5.93. The van der Waals surface area contributed by atoms with Crippen LogP contribution in [0.15, 0.2) is 121 Å². The molecule has 0 spiro atoms. The van der Waals surface area contributed by atoms with E-state index in [2.05, 4.69) is 121 Å². The Labute approximate surface area is 320 Å². The van der Waals surface area contributed by atoms with E-state index in [9.17, 15) is 50.4 Å². The molecule has 17 heteroatoms. The average molecular weight is 914 g/mol. The molecule has 2 fully saturated rings. The van der Waals surface area contributed by atoms with Crippen LogP contribution >= 0.6 is 31.5 Å². The zero-order chi connectivity index (χ0) is 38.9. The van der Waals surface area contributed by atoms with Crippen molar-refractivity contribution in [3.05, 3.63) is 186 Å². The molecule has 6 rings (SSSR count). The first kappa shape index (κ1) is 49.5. The van der Waals surface area contributed by atoms with Crippen LogP contribution in [0.3, 0.4) is 0 Å². The Morgan fingerprint density at radius 1 is 0.283 bits per heavy atom. The SMILES string of the molecule is F[P-](F)(F)(F)(F)F.F[P-](F)(F)(F)(F)F.[CH]1[CH][CH][CH][CH]1.[CH]1[CH][CH][CH][CH]1.[Mo+2].c1ccc(P(CCP(c2ccccc2)c2ccccc2)c2ccccc2)cc1. The number of hydrogen-bond acceptors (Lipinski definition) is 0. The van der Waals surface area contributed by atoms with Crippen molar-refractivity contribution in [2.45, 2.75) is 0 Å². The number of hydrogen-bond donors (Lipinski definition) is 0. The van der Waals surface area contributed by atoms with Crippen molar-refractivity contribution in [3.63, 3.8) is 0 Å². The van der Waals surface area contributed by atoms with Crippen molar-refractivity contribution < 1.29 is 71.4 Å². The number of benzene rings is 4. The van der Waals surface area contributed by atoms with E-state index >= 15 is 0 Å². The van der Waals surface area contributed by atoms with Crippen LogP contribution < -0.4 is 21.2 Å². The average Bonchev–Trinajstić information content (AvgIpc) is 3.83. The van der Waals surface area contributed by atoms with Crippen LogP contribution in [0.5, 0.6) is 0 Å². The fourth-order valence-electron chi connectivity index (χ4n) is 4.09. The van der Waals surface area contributed by atoms with Crippen molar-refractivity contribution in [1.82, 2.24) is 0 Å². The number of halogens is 12. The molecule has 0 unspecified atom stereocenters. The van der Waals surface area contributed by atoms with E-state index in [1.54, 1.807) is 0 Å². The van der Waals surface area contributed by atoms with Gasteiger partial charge in [0.25, 0.3) is 0 Å². The first-order valence-electron chi connectivity index (χ1n) is 15.0. The van der Waals surface area contributed by atoms with Gasteiger partial charge >= 0.3 is 87.0 Å². The molecule has 0 aliphatic heterocycles. The second-order valence-corrected chi connectivity index (χ2v) is 19.0. The molecule has 288 valence electrons. The Balaban J connectivity index is 0.000000453. The van der Waals surface area contributed by atoms with E-state index < -0.39 is 15.6 Å². The molecular weight excluding hydrogens is 880 g/mol. The van der Waals surface area contributed by atoms with Crippen molar-refractivity contribution in [2.75, 3.05) is 12.3 Å². The minimum absolute atomic E-state index is 0. The maximum atomic E-state index is 9.87. The Morgan fingerprint density at radius 3 is 0.547 bits per heavy atom. The summed E-state index contributed by atoms with van der Waals surface area (Å²) in [5, 5.41) is 5.89. The van der Waals surface area contributed by atoms with Crippen LogP contribution in [0, 0.1) is 64.2 Å². The molecular formula is C36H34F12MoP4. The van der Waals surface area contributed by atoms with Gasteiger partial charge in [-0.15, -0.1) is 0 Å². The van der Waals surface area contributed by atoms with Crippen LogP contribution in [0.1, 0.15) is 0 Å². The van der Waals surface area contributed by atoms with E-state index in [1.807, 2.05) is 64.2 Å². The summed E-state index contributed by atoms with van der Waals surface area (Å²) in [5.41, 5.74) is 0. The zero-order valence-electron chi connectivity index (χ0n) is 27.5. The molecule has 2 aliphatic rings. The van der Waals surface area contributed by atoms with Crippen LogP contribution in [-0.4, -0.2) is 12.3 Å². The molecule has 0 bridgehead atoms. The summed E-state index contributed by atoms with van der Waals surface area (Å²) in [6.07, 6.45) is 22.4. The van der Waals surface area contributed by atoms with Gasteiger partial charge in [0, 0.05) is 0 Å². The maximum Gasteiger partial charge on any atom is 2.00 e. The van der Waals surface area contributed by atoms with Crippen molar-refractivity contribution in [3.8, 4) is 0 Å². The van der Waals surface area contributed by atoms with Crippen LogP contribution in [-0.2, 0) is 21.1 Å². The monoisotopic (exact) mass is 916 g/mol. The zero-order valence-corrected chi connectivity index (χ0v) is 33.1. The van der Waals surface area contributed by atoms with Gasteiger partial charge in [-0.2, -0.15) is 0 Å². The van der Waals surface area contributed by atoms with Crippen LogP contribution in [0.2, 0.25) is 0 Å². The molecule has 0 heterocycles. The summed E-state index contributed by atoms with van der Waals surface area (Å²) < 4.78 is 118. The van der Waals surface area contributed by atoms with Gasteiger partial charge in [-0.25, -0.2) is 0 Å². The summed E-state index contributed by atoms with van der Waals surface area (Å²) in [5.74, 6) is 0. The molecule has 4 aromatic rings. The van der Waals surface area contributed by atoms with E-state index in [4.69, 9.17) is 0 Å². The van der Waals surface area contributed by atoms with Gasteiger partial charge in [0.1, 0.15) is 0 Å². The van der Waals surface area contributed by atoms with Gasteiger partial charge in [0.15, 0.2) is 0 Å². The van der Waals surface area contributed by atoms with Crippen molar-refractivity contribution >= 4 is 52.7 Å². The second kappa shape index (κ2) is 20.0. The van der Waals surface area contributed by atoms with Gasteiger partial charge in [0.05, 0.1) is 0 Å². The predicted molar refractivity (Wildman–Crippen MR) is 198 cm³/mol. The third kappa shape index (κ3) is 31.4. The molecule has 0 N–H and O–H groups in total. The fraction of sp³-hybridized carbons (Fsp3) is 0.0556. The second-order valence-electron chi connectivity index (χ2n) is 10.5. The summed E-state index contributed by atoms with van der Waals surface area (Å²) in [7, 11) is -22.0. The van der Waals surface area contributed by atoms with Crippen LogP contribution in [0.4, 0.5) is 50.4 Å². The molecule has 4 aromatic carbocycles. The Bertz CT molecular complexity index is 1320. The Kier molecular flexibility index (Phi) is 18.7. The Hall–Kier alpha value is -1.55. The summed E-state index contributed by atoms with van der Waals surface area (Å²) in [6, 6.07) is 44.2. The van der Waals surface area contributed by atoms with Gasteiger partial charge in [-0.1, -0.05) is 121 Å². The molecule has 0 saturated heterocycles. The molecule has 2 saturated carbocycles. The summed E-state index contributed by atoms with van der Waals surface area (Å²) in [4.78, 5) is 0. The summed E-state index contributed by atoms with van der Waals surface area (Å²) >= 11 is 0. The quantitative estimate of drug-likeness (QED) is 0.0984. The topological polar surface area (TPSA) is 0 Å². The molecule has 0 amide bonds. The van der Waals surface area contributed by atoms with Crippen LogP contribution in [0.25, 0.3) is 0 Å². The minimum Gasteiger partial charge on any atom is -0.0622 e. The van der Waals surface area contributed by atoms with E-state index in [0.717, 1.165) is 0 Å². The minimum atomic E-state index is -10.7. The van der Waals surface area contributed by atoms with Crippen molar-refractivity contribution in [1.29, 1.82) is 0 Å². The van der Waals surface area contributed by atoms with Crippen molar-refractivity contribution in [2.24, 2.45) is 0 Å². The molecule has 0 atom stereocenters. The van der Waals surface area contributed by atoms with Gasteiger partial charge in [-0.3, -0.25) is 0 Å². The smallest absolute Gasteiger partial charge is 0.0622 e. The van der Waals surface area contributed by atoms with E-state index in [0.29, 0.717) is 0 Å². The normalized spacial score (nSPS) is 16.5. The largest absolute Gasteiger partial charge is 2.00 e. The molecule has 0 aromatic heterocycles. The third-order valence-corrected chi connectivity index (χ3v) is 11.3. The number of rotatable bonds is 7. The fourth-order valence-corrected chi connectivity index (χ4v) is 9.44. The molecule has 0 nitrogen and oxygen atoms in total. The van der Waals surface area contributed by atoms with E-state index in [-0.39, 0.29) is 36.9 Å². The maximum absolute atomic E-state index is 10.7. The Morgan fingerprint density at radius 2 is 0.415 bits per heavy atom. The first-order chi connectivity index (χ1) is 23.8. The standard InChI is InChI=1S/C26H24P2.2C5H5.2F6P.Mo/c1-5-13-23(14-6-1)27(24-15-7-2-8-16-24)21-22-28(25-17-9-3-10-18-25)26-19-11-4-12-20-26;2*1-2-4-5-3-1;2*1-7(2,3,4,5)6;/h1-20H,21-22H2;2*1-5H;;;/q;;;2*-1;+2. The molecule has 2 aliphatic carbocycles. The van der Waals surface area contributed by atoms with Gasteiger partial charge < -0.3 is 0 Å². The molecule has 10 radical (unpaired) electrons. The molecule has 53 heavy (non-hydrogen) atoms. The predicted octanol–water partition coefficient (Wildman–Crippen LogP) is 14.1. The van der Waals surface area contributed by atoms with E-state index in [1.165, 1.54) is 33.5 Å².